The number of aryl methyl sites for hydroxylation is 3. The van der Waals surface area contributed by atoms with Crippen LogP contribution >= 0.6 is 11.3 Å². The molecule has 3 aromatic rings. The van der Waals surface area contributed by atoms with Gasteiger partial charge in [-0.2, -0.15) is 0 Å². The lowest BCUT2D eigenvalue weighted by Gasteiger charge is -2.35. The van der Waals surface area contributed by atoms with Gasteiger partial charge in [-0.3, -0.25) is 4.90 Å². The van der Waals surface area contributed by atoms with E-state index in [9.17, 15) is 0 Å². The second kappa shape index (κ2) is 8.04. The van der Waals surface area contributed by atoms with Gasteiger partial charge in [0.15, 0.2) is 0 Å². The van der Waals surface area contributed by atoms with Gasteiger partial charge in [-0.25, -0.2) is 9.97 Å². The molecule has 0 bridgehead atoms. The number of thiophene rings is 1. The Kier molecular flexibility index (Phi) is 5.27. The van der Waals surface area contributed by atoms with Crippen LogP contribution in [0.5, 0.6) is 0 Å². The normalized spacial score (nSPS) is 21.6. The third-order valence-corrected chi connectivity index (χ3v) is 7.88. The molecule has 0 saturated heterocycles. The third-order valence-electron chi connectivity index (χ3n) is 6.68. The highest BCUT2D eigenvalue weighted by Crippen LogP contribution is 2.39. The maximum absolute atomic E-state index is 4.64. The summed E-state index contributed by atoms with van der Waals surface area (Å²) in [7, 11) is 2.28. The number of benzene rings is 1. The van der Waals surface area contributed by atoms with Gasteiger partial charge in [-0.1, -0.05) is 29.8 Å². The van der Waals surface area contributed by atoms with Gasteiger partial charge in [-0.15, -0.1) is 11.3 Å². The highest BCUT2D eigenvalue weighted by Gasteiger charge is 2.26. The molecule has 0 amide bonds. The van der Waals surface area contributed by atoms with Crippen molar-refractivity contribution in [3.8, 4) is 0 Å². The van der Waals surface area contributed by atoms with E-state index < -0.39 is 0 Å². The van der Waals surface area contributed by atoms with Crippen LogP contribution in [0.2, 0.25) is 0 Å². The lowest BCUT2D eigenvalue weighted by Crippen LogP contribution is -2.38. The van der Waals surface area contributed by atoms with Gasteiger partial charge in [0.25, 0.3) is 0 Å². The molecule has 5 rings (SSSR count). The van der Waals surface area contributed by atoms with E-state index in [2.05, 4.69) is 58.4 Å². The van der Waals surface area contributed by atoms with Gasteiger partial charge in [0.05, 0.1) is 5.39 Å². The molecule has 2 heterocycles. The number of hydrogen-bond acceptors (Lipinski definition) is 5. The minimum Gasteiger partial charge on any atom is -0.367 e. The molecule has 2 aliphatic carbocycles. The molecular weight excluding hydrogens is 376 g/mol. The largest absolute Gasteiger partial charge is 0.367 e. The Hall–Kier alpha value is -1.98. The second-order valence-electron chi connectivity index (χ2n) is 8.81. The number of nitrogens with zero attached hydrogens (tertiary/aromatic N) is 3. The van der Waals surface area contributed by atoms with Gasteiger partial charge >= 0.3 is 0 Å². The lowest BCUT2D eigenvalue weighted by molar-refractivity contribution is 0.179. The first-order chi connectivity index (χ1) is 14.2. The molecule has 0 radical (unpaired) electrons. The first-order valence-electron chi connectivity index (χ1n) is 10.9. The molecule has 29 heavy (non-hydrogen) atoms. The van der Waals surface area contributed by atoms with Gasteiger partial charge in [0, 0.05) is 23.5 Å². The van der Waals surface area contributed by atoms with Crippen LogP contribution in [-0.4, -0.2) is 34.0 Å². The minimum atomic E-state index is 0.522. The zero-order valence-corrected chi connectivity index (χ0v) is 18.3. The zero-order valence-electron chi connectivity index (χ0n) is 17.4. The molecular formula is C24H30N4S. The quantitative estimate of drug-likeness (QED) is 0.621. The maximum atomic E-state index is 4.64. The van der Waals surface area contributed by atoms with Crippen molar-refractivity contribution >= 4 is 27.4 Å². The molecule has 0 spiro atoms. The molecule has 2 aliphatic rings. The summed E-state index contributed by atoms with van der Waals surface area (Å²) in [5, 5.41) is 5.10. The first kappa shape index (κ1) is 19.0. The molecule has 1 aromatic carbocycles. The Morgan fingerprint density at radius 1 is 1.14 bits per heavy atom. The fraction of sp³-hybridized carbons (Fsp3) is 0.500. The molecule has 4 nitrogen and oxygen atoms in total. The third kappa shape index (κ3) is 3.90. The number of nitrogens with one attached hydrogen (secondary N) is 1. The number of hydrogen-bond donors (Lipinski definition) is 1. The van der Waals surface area contributed by atoms with E-state index in [0.717, 1.165) is 12.4 Å². The van der Waals surface area contributed by atoms with Gasteiger partial charge in [-0.05, 0) is 70.0 Å². The molecule has 2 aromatic heterocycles. The Morgan fingerprint density at radius 3 is 2.83 bits per heavy atom. The number of aromatic nitrogens is 2. The SMILES string of the molecule is Cc1cccc(CN(C)C2CCC(Nc3ncnc4sc5c(c34)CCC5)CC2)c1. The highest BCUT2D eigenvalue weighted by molar-refractivity contribution is 7.19. The number of fused-ring (bicyclic) bond motifs is 3. The predicted molar refractivity (Wildman–Crippen MR) is 122 cm³/mol. The van der Waals surface area contributed by atoms with E-state index >= 15 is 0 Å². The Morgan fingerprint density at radius 2 is 2.00 bits per heavy atom. The van der Waals surface area contributed by atoms with E-state index in [-0.39, 0.29) is 0 Å². The van der Waals surface area contributed by atoms with Crippen LogP contribution in [0.25, 0.3) is 10.2 Å². The maximum Gasteiger partial charge on any atom is 0.138 e. The fourth-order valence-electron chi connectivity index (χ4n) is 5.12. The van der Waals surface area contributed by atoms with Crippen LogP contribution < -0.4 is 5.32 Å². The minimum absolute atomic E-state index is 0.522. The van der Waals surface area contributed by atoms with Crippen molar-refractivity contribution in [1.29, 1.82) is 0 Å². The Balaban J connectivity index is 1.22. The average Bonchev–Trinajstić information content (AvgIpc) is 3.30. The summed E-state index contributed by atoms with van der Waals surface area (Å²) in [5.41, 5.74) is 4.28. The number of rotatable bonds is 5. The van der Waals surface area contributed by atoms with E-state index in [1.54, 1.807) is 6.33 Å². The van der Waals surface area contributed by atoms with E-state index in [1.807, 2.05) is 11.3 Å². The summed E-state index contributed by atoms with van der Waals surface area (Å²) >= 11 is 1.87. The zero-order chi connectivity index (χ0) is 19.8. The van der Waals surface area contributed by atoms with Gasteiger partial charge in [0.2, 0.25) is 0 Å². The summed E-state index contributed by atoms with van der Waals surface area (Å²) < 4.78 is 0. The van der Waals surface area contributed by atoms with Crippen LogP contribution in [0, 0.1) is 6.92 Å². The van der Waals surface area contributed by atoms with Crippen LogP contribution in [0.4, 0.5) is 5.82 Å². The Bertz CT molecular complexity index is 1000. The topological polar surface area (TPSA) is 41.0 Å². The van der Waals surface area contributed by atoms with Crippen molar-refractivity contribution < 1.29 is 0 Å². The van der Waals surface area contributed by atoms with E-state index in [0.29, 0.717) is 12.1 Å². The summed E-state index contributed by atoms with van der Waals surface area (Å²) in [5.74, 6) is 1.07. The average molecular weight is 407 g/mol. The molecule has 0 atom stereocenters. The van der Waals surface area contributed by atoms with Gasteiger partial charge in [0.1, 0.15) is 17.0 Å². The van der Waals surface area contributed by atoms with Crippen molar-refractivity contribution in [1.82, 2.24) is 14.9 Å². The van der Waals surface area contributed by atoms with Crippen molar-refractivity contribution in [3.63, 3.8) is 0 Å². The molecule has 0 aliphatic heterocycles. The molecule has 1 saturated carbocycles. The fourth-order valence-corrected chi connectivity index (χ4v) is 6.35. The van der Waals surface area contributed by atoms with Crippen molar-refractivity contribution in [2.75, 3.05) is 12.4 Å². The summed E-state index contributed by atoms with van der Waals surface area (Å²) in [6.45, 7) is 3.21. The summed E-state index contributed by atoms with van der Waals surface area (Å²) in [6, 6.07) is 10.1. The monoisotopic (exact) mass is 406 g/mol. The molecule has 152 valence electrons. The number of anilines is 1. The van der Waals surface area contributed by atoms with Crippen molar-refractivity contribution in [2.24, 2.45) is 0 Å². The highest BCUT2D eigenvalue weighted by atomic mass is 32.1. The first-order valence-corrected chi connectivity index (χ1v) is 11.8. The van der Waals surface area contributed by atoms with E-state index in [4.69, 9.17) is 0 Å². The van der Waals surface area contributed by atoms with Crippen LogP contribution in [0.3, 0.4) is 0 Å². The molecule has 5 heteroatoms. The lowest BCUT2D eigenvalue weighted by atomic mass is 9.90. The smallest absolute Gasteiger partial charge is 0.138 e. The summed E-state index contributed by atoms with van der Waals surface area (Å²) in [4.78, 5) is 14.4. The van der Waals surface area contributed by atoms with Crippen molar-refractivity contribution in [3.05, 3.63) is 52.2 Å². The molecule has 1 N–H and O–H groups in total. The van der Waals surface area contributed by atoms with Crippen LogP contribution in [0.15, 0.2) is 30.6 Å². The van der Waals surface area contributed by atoms with Crippen LogP contribution in [-0.2, 0) is 19.4 Å². The molecule has 1 fully saturated rings. The molecule has 0 unspecified atom stereocenters. The van der Waals surface area contributed by atoms with Gasteiger partial charge < -0.3 is 5.32 Å². The van der Waals surface area contributed by atoms with E-state index in [1.165, 1.54) is 76.7 Å². The predicted octanol–water partition coefficient (Wildman–Crippen LogP) is 5.34. The van der Waals surface area contributed by atoms with Crippen LogP contribution in [0.1, 0.15) is 53.7 Å². The standard InChI is InChI=1S/C24H30N4S/c1-16-5-3-6-17(13-16)14-28(2)19-11-9-18(10-12-19)27-23-22-20-7-4-8-21(20)29-24(22)26-15-25-23/h3,5-6,13,15,18-19H,4,7-12,14H2,1-2H3,(H,25,26,27). The second-order valence-corrected chi connectivity index (χ2v) is 9.90. The van der Waals surface area contributed by atoms with Crippen molar-refractivity contribution in [2.45, 2.75) is 70.5 Å². The Labute approximate surface area is 177 Å². The summed E-state index contributed by atoms with van der Waals surface area (Å²) in [6.07, 6.45) is 10.3.